The molecule has 144 valence electrons. The molecule has 2 heterocycles. The van der Waals surface area contributed by atoms with Gasteiger partial charge in [0.15, 0.2) is 0 Å². The van der Waals surface area contributed by atoms with Gasteiger partial charge in [-0.25, -0.2) is 4.39 Å². The van der Waals surface area contributed by atoms with Gasteiger partial charge in [-0.3, -0.25) is 9.59 Å². The van der Waals surface area contributed by atoms with Crippen LogP contribution in [0.2, 0.25) is 0 Å². The van der Waals surface area contributed by atoms with Crippen molar-refractivity contribution in [3.05, 3.63) is 68.9 Å². The highest BCUT2D eigenvalue weighted by Gasteiger charge is 2.27. The molecule has 1 unspecified atom stereocenters. The Morgan fingerprint density at radius 2 is 2.00 bits per heavy atom. The van der Waals surface area contributed by atoms with Gasteiger partial charge in [-0.2, -0.15) is 0 Å². The third-order valence-electron chi connectivity index (χ3n) is 5.67. The Bertz CT molecular complexity index is 904. The highest BCUT2D eigenvalue weighted by atomic mass is 19.1. The third-order valence-corrected chi connectivity index (χ3v) is 5.67. The van der Waals surface area contributed by atoms with Crippen LogP contribution in [0.1, 0.15) is 46.4 Å². The molecule has 0 spiro atoms. The first kappa shape index (κ1) is 19.3. The van der Waals surface area contributed by atoms with E-state index in [1.165, 1.54) is 10.6 Å². The minimum Gasteiger partial charge on any atom is -0.338 e. The molecule has 1 atom stereocenters. The van der Waals surface area contributed by atoms with E-state index in [2.05, 4.69) is 0 Å². The number of benzene rings is 1. The molecule has 0 radical (unpaired) electrons. The van der Waals surface area contributed by atoms with E-state index >= 15 is 0 Å². The molecule has 4 nitrogen and oxygen atoms in total. The van der Waals surface area contributed by atoms with Crippen LogP contribution < -0.4 is 5.56 Å². The highest BCUT2D eigenvalue weighted by Crippen LogP contribution is 2.24. The fourth-order valence-corrected chi connectivity index (χ4v) is 3.94. The summed E-state index contributed by atoms with van der Waals surface area (Å²) < 4.78 is 15.4. The molecule has 0 N–H and O–H groups in total. The fourth-order valence-electron chi connectivity index (χ4n) is 3.94. The second-order valence-corrected chi connectivity index (χ2v) is 7.60. The Kier molecular flexibility index (Phi) is 5.78. The van der Waals surface area contributed by atoms with Crippen LogP contribution in [0.25, 0.3) is 0 Å². The van der Waals surface area contributed by atoms with E-state index in [1.54, 1.807) is 18.0 Å². The van der Waals surface area contributed by atoms with E-state index in [4.69, 9.17) is 0 Å². The maximum Gasteiger partial charge on any atom is 0.263 e. The van der Waals surface area contributed by atoms with Crippen molar-refractivity contribution in [3.8, 4) is 0 Å². The molecular formula is C22H27FN2O2. The highest BCUT2D eigenvalue weighted by molar-refractivity contribution is 5.95. The summed E-state index contributed by atoms with van der Waals surface area (Å²) in [6.45, 7) is 4.98. The van der Waals surface area contributed by atoms with Crippen molar-refractivity contribution in [2.24, 2.45) is 13.0 Å². The largest absolute Gasteiger partial charge is 0.338 e. The van der Waals surface area contributed by atoms with Gasteiger partial charge in [-0.15, -0.1) is 0 Å². The van der Waals surface area contributed by atoms with E-state index in [-0.39, 0.29) is 22.8 Å². The normalized spacial score (nSPS) is 17.2. The standard InChI is InChI=1S/C22H27FN2O2/c1-15-13-16(2)24(3)21(26)20(15)22(27)25-12-6-7-17(14-25)10-11-18-8-4-5-9-19(18)23/h4-5,8-9,13,17H,6-7,10-12,14H2,1-3H3. The predicted octanol–water partition coefficient (Wildman–Crippen LogP) is 3.63. The van der Waals surface area contributed by atoms with Crippen LogP contribution in [0.4, 0.5) is 4.39 Å². The molecule has 1 amide bonds. The number of carbonyl (C=O) groups excluding carboxylic acids is 1. The topological polar surface area (TPSA) is 42.3 Å². The molecule has 1 fully saturated rings. The van der Waals surface area contributed by atoms with Gasteiger partial charge in [0.1, 0.15) is 11.4 Å². The van der Waals surface area contributed by atoms with Crippen molar-refractivity contribution < 1.29 is 9.18 Å². The van der Waals surface area contributed by atoms with Crippen LogP contribution in [-0.2, 0) is 13.5 Å². The average Bonchev–Trinajstić information content (AvgIpc) is 2.66. The van der Waals surface area contributed by atoms with Gasteiger partial charge in [0.25, 0.3) is 11.5 Å². The maximum atomic E-state index is 13.8. The Morgan fingerprint density at radius 1 is 1.26 bits per heavy atom. The molecular weight excluding hydrogens is 343 g/mol. The molecule has 1 aliphatic heterocycles. The van der Waals surface area contributed by atoms with E-state index in [0.29, 0.717) is 25.4 Å². The Balaban J connectivity index is 1.71. The summed E-state index contributed by atoms with van der Waals surface area (Å²) in [4.78, 5) is 27.4. The van der Waals surface area contributed by atoms with Gasteiger partial charge in [-0.05, 0) is 68.7 Å². The molecule has 0 aliphatic carbocycles. The number of hydrogen-bond acceptors (Lipinski definition) is 2. The lowest BCUT2D eigenvalue weighted by Crippen LogP contribution is -2.43. The van der Waals surface area contributed by atoms with Crippen molar-refractivity contribution in [3.63, 3.8) is 0 Å². The zero-order valence-corrected chi connectivity index (χ0v) is 16.3. The van der Waals surface area contributed by atoms with Crippen LogP contribution >= 0.6 is 0 Å². The molecule has 1 aromatic heterocycles. The predicted molar refractivity (Wildman–Crippen MR) is 105 cm³/mol. The quantitative estimate of drug-likeness (QED) is 0.825. The zero-order chi connectivity index (χ0) is 19.6. The van der Waals surface area contributed by atoms with Crippen molar-refractivity contribution in [1.82, 2.24) is 9.47 Å². The second kappa shape index (κ2) is 8.07. The lowest BCUT2D eigenvalue weighted by atomic mass is 9.91. The van der Waals surface area contributed by atoms with E-state index in [0.717, 1.165) is 36.1 Å². The molecule has 0 saturated carbocycles. The van der Waals surface area contributed by atoms with Crippen LogP contribution in [0.3, 0.4) is 0 Å². The average molecular weight is 370 g/mol. The smallest absolute Gasteiger partial charge is 0.263 e. The SMILES string of the molecule is Cc1cc(C)n(C)c(=O)c1C(=O)N1CCCC(CCc2ccccc2F)C1. The number of halogens is 1. The first-order valence-electron chi connectivity index (χ1n) is 9.58. The summed E-state index contributed by atoms with van der Waals surface area (Å²) in [6.07, 6.45) is 3.46. The third kappa shape index (κ3) is 4.12. The molecule has 1 aliphatic rings. The van der Waals surface area contributed by atoms with Gasteiger partial charge in [0, 0.05) is 25.8 Å². The molecule has 27 heavy (non-hydrogen) atoms. The number of rotatable bonds is 4. The minimum atomic E-state index is -0.231. The summed E-state index contributed by atoms with van der Waals surface area (Å²) >= 11 is 0. The number of nitrogens with zero attached hydrogens (tertiary/aromatic N) is 2. The number of aromatic nitrogens is 1. The summed E-state index contributed by atoms with van der Waals surface area (Å²) in [5.74, 6) is -0.0133. The van der Waals surface area contributed by atoms with Crippen molar-refractivity contribution in [1.29, 1.82) is 0 Å². The van der Waals surface area contributed by atoms with Gasteiger partial charge in [0.05, 0.1) is 0 Å². The van der Waals surface area contributed by atoms with Crippen LogP contribution in [0.5, 0.6) is 0 Å². The maximum absolute atomic E-state index is 13.8. The Labute approximate surface area is 159 Å². The monoisotopic (exact) mass is 370 g/mol. The molecule has 1 saturated heterocycles. The van der Waals surface area contributed by atoms with E-state index in [9.17, 15) is 14.0 Å². The van der Waals surface area contributed by atoms with E-state index in [1.807, 2.05) is 32.0 Å². The minimum absolute atomic E-state index is 0.167. The molecule has 3 rings (SSSR count). The first-order valence-corrected chi connectivity index (χ1v) is 9.58. The lowest BCUT2D eigenvalue weighted by Gasteiger charge is -2.33. The summed E-state index contributed by atoms with van der Waals surface area (Å²) in [5.41, 5.74) is 2.34. The van der Waals surface area contributed by atoms with Crippen LogP contribution in [0, 0.1) is 25.6 Å². The molecule has 0 bridgehead atoms. The summed E-state index contributed by atoms with van der Waals surface area (Å²) in [7, 11) is 1.70. The molecule has 1 aromatic carbocycles. The van der Waals surface area contributed by atoms with Crippen molar-refractivity contribution in [2.75, 3.05) is 13.1 Å². The number of carbonyl (C=O) groups is 1. The summed E-state index contributed by atoms with van der Waals surface area (Å²) in [5, 5.41) is 0. The number of likely N-dealkylation sites (tertiary alicyclic amines) is 1. The number of hydrogen-bond donors (Lipinski definition) is 0. The van der Waals surface area contributed by atoms with Gasteiger partial charge < -0.3 is 9.47 Å². The number of piperidine rings is 1. The van der Waals surface area contributed by atoms with Gasteiger partial charge in [-0.1, -0.05) is 18.2 Å². The number of aryl methyl sites for hydroxylation is 3. The van der Waals surface area contributed by atoms with Crippen LogP contribution in [-0.4, -0.2) is 28.5 Å². The summed E-state index contributed by atoms with van der Waals surface area (Å²) in [6, 6.07) is 8.74. The Morgan fingerprint density at radius 3 is 2.74 bits per heavy atom. The number of pyridine rings is 1. The second-order valence-electron chi connectivity index (χ2n) is 7.60. The number of amides is 1. The van der Waals surface area contributed by atoms with Crippen molar-refractivity contribution in [2.45, 2.75) is 39.5 Å². The van der Waals surface area contributed by atoms with Crippen LogP contribution in [0.15, 0.2) is 35.1 Å². The fraction of sp³-hybridized carbons (Fsp3) is 0.455. The first-order chi connectivity index (χ1) is 12.9. The van der Waals surface area contributed by atoms with Crippen molar-refractivity contribution >= 4 is 5.91 Å². The lowest BCUT2D eigenvalue weighted by molar-refractivity contribution is 0.0665. The van der Waals surface area contributed by atoms with Gasteiger partial charge >= 0.3 is 0 Å². The molecule has 5 heteroatoms. The van der Waals surface area contributed by atoms with Gasteiger partial charge in [0.2, 0.25) is 0 Å². The Hall–Kier alpha value is -2.43. The zero-order valence-electron chi connectivity index (χ0n) is 16.3. The van der Waals surface area contributed by atoms with E-state index < -0.39 is 0 Å². The molecule has 2 aromatic rings.